The van der Waals surface area contributed by atoms with Gasteiger partial charge in [-0.2, -0.15) is 0 Å². The summed E-state index contributed by atoms with van der Waals surface area (Å²) >= 11 is 1.81. The highest BCUT2D eigenvalue weighted by molar-refractivity contribution is 7.98. The summed E-state index contributed by atoms with van der Waals surface area (Å²) < 4.78 is 0. The summed E-state index contributed by atoms with van der Waals surface area (Å²) in [4.78, 5) is 1.36. The average Bonchev–Trinajstić information content (AvgIpc) is 2.45. The molecule has 1 rings (SSSR count). The van der Waals surface area contributed by atoms with Crippen LogP contribution in [-0.4, -0.2) is 18.8 Å². The second-order valence-corrected chi connectivity index (χ2v) is 6.18. The molecule has 0 radical (unpaired) electrons. The lowest BCUT2D eigenvalue weighted by atomic mass is 10.0. The fourth-order valence-electron chi connectivity index (χ4n) is 2.24. The van der Waals surface area contributed by atoms with Crippen molar-refractivity contribution in [3.63, 3.8) is 0 Å². The molecule has 0 spiro atoms. The van der Waals surface area contributed by atoms with Crippen molar-refractivity contribution in [3.8, 4) is 0 Å². The van der Waals surface area contributed by atoms with E-state index >= 15 is 0 Å². The van der Waals surface area contributed by atoms with Gasteiger partial charge in [0.25, 0.3) is 0 Å². The van der Waals surface area contributed by atoms with E-state index in [0.29, 0.717) is 6.04 Å². The van der Waals surface area contributed by atoms with Crippen molar-refractivity contribution in [2.24, 2.45) is 0 Å². The van der Waals surface area contributed by atoms with Gasteiger partial charge in [0.2, 0.25) is 0 Å². The molecule has 1 unspecified atom stereocenters. The molecule has 108 valence electrons. The van der Waals surface area contributed by atoms with Gasteiger partial charge in [0, 0.05) is 10.9 Å². The molecule has 1 nitrogen and oxygen atoms in total. The average molecular weight is 279 g/mol. The Morgan fingerprint density at radius 2 is 1.84 bits per heavy atom. The normalized spacial score (nSPS) is 12.6. The van der Waals surface area contributed by atoms with Crippen molar-refractivity contribution in [2.75, 3.05) is 12.8 Å². The summed E-state index contributed by atoms with van der Waals surface area (Å²) in [5.74, 6) is 0. The Morgan fingerprint density at radius 1 is 1.11 bits per heavy atom. The molecule has 0 heterocycles. The molecule has 0 aliphatic carbocycles. The van der Waals surface area contributed by atoms with Gasteiger partial charge in [0.1, 0.15) is 0 Å². The van der Waals surface area contributed by atoms with Crippen LogP contribution in [-0.2, 0) is 6.42 Å². The Bertz CT molecular complexity index is 321. The molecule has 1 atom stereocenters. The summed E-state index contributed by atoms with van der Waals surface area (Å²) in [7, 11) is 0. The Hall–Kier alpha value is -0.470. The molecule has 0 aromatic heterocycles. The van der Waals surface area contributed by atoms with E-state index in [4.69, 9.17) is 0 Å². The third kappa shape index (κ3) is 7.64. The Labute approximate surface area is 123 Å². The zero-order chi connectivity index (χ0) is 13.9. The third-order valence-electron chi connectivity index (χ3n) is 3.50. The number of thioether (sulfide) groups is 1. The molecule has 0 fully saturated rings. The van der Waals surface area contributed by atoms with Crippen LogP contribution in [0.1, 0.15) is 51.5 Å². The second kappa shape index (κ2) is 10.3. The maximum Gasteiger partial charge on any atom is 0.00693 e. The molecule has 0 saturated carbocycles. The van der Waals surface area contributed by atoms with Gasteiger partial charge in [-0.1, -0.05) is 31.9 Å². The molecule has 1 N–H and O–H groups in total. The quantitative estimate of drug-likeness (QED) is 0.483. The number of hydrogen-bond donors (Lipinski definition) is 1. The van der Waals surface area contributed by atoms with Crippen molar-refractivity contribution >= 4 is 11.8 Å². The minimum absolute atomic E-state index is 0.681. The standard InChI is InChI=1S/C17H29NS/c1-4-14-18-15(2)8-6-5-7-9-16-10-12-17(19-3)13-11-16/h10-13,15,18H,4-9,14H2,1-3H3. The first-order chi connectivity index (χ1) is 9.26. The predicted octanol–water partition coefficient (Wildman–Crippen LogP) is 4.90. The SMILES string of the molecule is CCCNC(C)CCCCCc1ccc(SC)cc1. The van der Waals surface area contributed by atoms with Crippen molar-refractivity contribution in [2.45, 2.75) is 63.3 Å². The topological polar surface area (TPSA) is 12.0 Å². The van der Waals surface area contributed by atoms with E-state index in [1.54, 1.807) is 0 Å². The van der Waals surface area contributed by atoms with Gasteiger partial charge in [-0.25, -0.2) is 0 Å². The number of hydrogen-bond acceptors (Lipinski definition) is 2. The van der Waals surface area contributed by atoms with Gasteiger partial charge in [-0.05, 0) is 63.1 Å². The number of aryl methyl sites for hydroxylation is 1. The van der Waals surface area contributed by atoms with Crippen LogP contribution >= 0.6 is 11.8 Å². The van der Waals surface area contributed by atoms with Gasteiger partial charge in [-0.15, -0.1) is 11.8 Å². The summed E-state index contributed by atoms with van der Waals surface area (Å²) in [6.45, 7) is 5.68. The van der Waals surface area contributed by atoms with E-state index in [2.05, 4.69) is 49.7 Å². The van der Waals surface area contributed by atoms with Gasteiger partial charge in [-0.3, -0.25) is 0 Å². The van der Waals surface area contributed by atoms with E-state index in [0.717, 1.165) is 6.54 Å². The van der Waals surface area contributed by atoms with Crippen LogP contribution in [0.4, 0.5) is 0 Å². The van der Waals surface area contributed by atoms with Gasteiger partial charge < -0.3 is 5.32 Å². The molecule has 1 aromatic rings. The zero-order valence-electron chi connectivity index (χ0n) is 12.7. The zero-order valence-corrected chi connectivity index (χ0v) is 13.6. The molecule has 0 amide bonds. The highest BCUT2D eigenvalue weighted by atomic mass is 32.2. The lowest BCUT2D eigenvalue weighted by molar-refractivity contribution is 0.484. The second-order valence-electron chi connectivity index (χ2n) is 5.30. The highest BCUT2D eigenvalue weighted by Crippen LogP contribution is 2.16. The van der Waals surface area contributed by atoms with E-state index in [9.17, 15) is 0 Å². The fraction of sp³-hybridized carbons (Fsp3) is 0.647. The molecule has 0 aliphatic heterocycles. The fourth-order valence-corrected chi connectivity index (χ4v) is 2.65. The summed E-state index contributed by atoms with van der Waals surface area (Å²) in [6, 6.07) is 9.70. The van der Waals surface area contributed by atoms with Crippen LogP contribution in [0.5, 0.6) is 0 Å². The summed E-state index contributed by atoms with van der Waals surface area (Å²) in [5.41, 5.74) is 1.48. The highest BCUT2D eigenvalue weighted by Gasteiger charge is 2.00. The Balaban J connectivity index is 2.06. The molecule has 1 aromatic carbocycles. The van der Waals surface area contributed by atoms with Gasteiger partial charge in [0.15, 0.2) is 0 Å². The maximum atomic E-state index is 3.55. The minimum atomic E-state index is 0.681. The number of rotatable bonds is 10. The van der Waals surface area contributed by atoms with Crippen LogP contribution < -0.4 is 5.32 Å². The van der Waals surface area contributed by atoms with Crippen molar-refractivity contribution in [3.05, 3.63) is 29.8 Å². The summed E-state index contributed by atoms with van der Waals surface area (Å²) in [5, 5.41) is 3.55. The lowest BCUT2D eigenvalue weighted by Gasteiger charge is -2.12. The van der Waals surface area contributed by atoms with Crippen molar-refractivity contribution in [1.82, 2.24) is 5.32 Å². The predicted molar refractivity (Wildman–Crippen MR) is 88.2 cm³/mol. The Morgan fingerprint density at radius 3 is 2.47 bits per heavy atom. The first-order valence-electron chi connectivity index (χ1n) is 7.62. The summed E-state index contributed by atoms with van der Waals surface area (Å²) in [6.07, 6.45) is 9.91. The monoisotopic (exact) mass is 279 g/mol. The van der Waals surface area contributed by atoms with Crippen LogP contribution in [0.3, 0.4) is 0 Å². The van der Waals surface area contributed by atoms with E-state index in [1.165, 1.54) is 49.0 Å². The van der Waals surface area contributed by atoms with Crippen LogP contribution in [0, 0.1) is 0 Å². The minimum Gasteiger partial charge on any atom is -0.314 e. The molecular weight excluding hydrogens is 250 g/mol. The van der Waals surface area contributed by atoms with Crippen LogP contribution in [0.2, 0.25) is 0 Å². The smallest absolute Gasteiger partial charge is 0.00693 e. The molecular formula is C17H29NS. The van der Waals surface area contributed by atoms with Crippen LogP contribution in [0.25, 0.3) is 0 Å². The van der Waals surface area contributed by atoms with Gasteiger partial charge in [0.05, 0.1) is 0 Å². The maximum absolute atomic E-state index is 3.55. The van der Waals surface area contributed by atoms with E-state index < -0.39 is 0 Å². The first-order valence-corrected chi connectivity index (χ1v) is 8.85. The van der Waals surface area contributed by atoms with E-state index in [1.807, 2.05) is 11.8 Å². The molecule has 0 bridgehead atoms. The number of nitrogens with one attached hydrogen (secondary N) is 1. The van der Waals surface area contributed by atoms with Gasteiger partial charge >= 0.3 is 0 Å². The Kier molecular flexibility index (Phi) is 9.02. The number of benzene rings is 1. The van der Waals surface area contributed by atoms with Crippen molar-refractivity contribution < 1.29 is 0 Å². The molecule has 19 heavy (non-hydrogen) atoms. The molecule has 2 heteroatoms. The number of unbranched alkanes of at least 4 members (excludes halogenated alkanes) is 2. The first kappa shape index (κ1) is 16.6. The van der Waals surface area contributed by atoms with Crippen LogP contribution in [0.15, 0.2) is 29.2 Å². The molecule has 0 saturated heterocycles. The largest absolute Gasteiger partial charge is 0.314 e. The molecule has 0 aliphatic rings. The van der Waals surface area contributed by atoms with Crippen molar-refractivity contribution in [1.29, 1.82) is 0 Å². The third-order valence-corrected chi connectivity index (χ3v) is 4.25. The lowest BCUT2D eigenvalue weighted by Crippen LogP contribution is -2.26. The van der Waals surface area contributed by atoms with E-state index in [-0.39, 0.29) is 0 Å².